The van der Waals surface area contributed by atoms with Crippen molar-refractivity contribution < 1.29 is 92.4 Å². The molecule has 0 aliphatic rings. The van der Waals surface area contributed by atoms with Crippen molar-refractivity contribution in [2.45, 2.75) is 11.8 Å². The number of sulfonamides is 1. The molecule has 11 heteroatoms. The van der Waals surface area contributed by atoms with Crippen molar-refractivity contribution >= 4 is 32.7 Å². The van der Waals surface area contributed by atoms with Gasteiger partial charge in [0.1, 0.15) is 5.75 Å². The van der Waals surface area contributed by atoms with Gasteiger partial charge in [-0.1, -0.05) is 12.1 Å². The first-order valence-corrected chi connectivity index (χ1v) is 8.19. The van der Waals surface area contributed by atoms with E-state index in [-0.39, 0.29) is 74.1 Å². The first kappa shape index (κ1) is 25.4. The van der Waals surface area contributed by atoms with Crippen LogP contribution in [0, 0.1) is 6.92 Å². The summed E-state index contributed by atoms with van der Waals surface area (Å²) < 4.78 is 25.2. The van der Waals surface area contributed by atoms with E-state index in [1.54, 1.807) is 6.92 Å². The van der Waals surface area contributed by atoms with Gasteiger partial charge in [-0.05, 0) is 41.5 Å². The van der Waals surface area contributed by atoms with Gasteiger partial charge in [0.15, 0.2) is 0 Å². The van der Waals surface area contributed by atoms with E-state index >= 15 is 0 Å². The number of carbonyl (C=O) groups is 2. The van der Waals surface area contributed by atoms with Crippen LogP contribution in [0.2, 0.25) is 0 Å². The molecule has 0 heterocycles. The van der Waals surface area contributed by atoms with Crippen molar-refractivity contribution in [1.29, 1.82) is 0 Å². The van der Waals surface area contributed by atoms with Gasteiger partial charge < -0.3 is 24.9 Å². The normalized spacial score (nSPS) is 10.8. The van der Waals surface area contributed by atoms with Gasteiger partial charge in [0.25, 0.3) is 0 Å². The number of benzene rings is 2. The van der Waals surface area contributed by atoms with E-state index in [4.69, 9.17) is 0 Å². The van der Waals surface area contributed by atoms with E-state index in [1.165, 1.54) is 30.3 Å². The van der Waals surface area contributed by atoms with Gasteiger partial charge in [-0.2, -0.15) is 4.31 Å². The van der Waals surface area contributed by atoms with Crippen LogP contribution in [0.5, 0.6) is 5.75 Å². The van der Waals surface area contributed by atoms with Crippen molar-refractivity contribution in [3.63, 3.8) is 0 Å². The Hall–Kier alpha value is -0.650. The Morgan fingerprint density at radius 1 is 1.04 bits per heavy atom. The van der Waals surface area contributed by atoms with Crippen LogP contribution >= 0.6 is 0 Å². The van der Waals surface area contributed by atoms with Crippen LogP contribution in [0.25, 0.3) is 10.8 Å². The second kappa shape index (κ2) is 10.0. The number of carboxylic acids is 2. The number of phenolic OH excluding ortho intramolecular Hbond substituents is 1. The van der Waals surface area contributed by atoms with Crippen molar-refractivity contribution in [3.05, 3.63) is 35.9 Å². The van der Waals surface area contributed by atoms with Gasteiger partial charge in [0.05, 0.1) is 29.9 Å². The number of hydrogen-bond acceptors (Lipinski definition) is 7. The van der Waals surface area contributed by atoms with Gasteiger partial charge in [0.2, 0.25) is 10.0 Å². The molecule has 0 amide bonds. The Kier molecular flexibility index (Phi) is 9.80. The maximum Gasteiger partial charge on any atom is 1.00 e. The molecule has 0 unspecified atom stereocenters. The third-order valence-electron chi connectivity index (χ3n) is 3.48. The smallest absolute Gasteiger partial charge is 0.549 e. The fraction of sp³-hybridized carbons (Fsp3) is 0.200. The molecule has 1 N–H and O–H groups in total. The molecule has 0 spiro atoms. The quantitative estimate of drug-likeness (QED) is 0.478. The summed E-state index contributed by atoms with van der Waals surface area (Å²) in [6, 6.07) is 6.83. The minimum Gasteiger partial charge on any atom is -0.549 e. The number of carbonyl (C=O) groups excluding carboxylic acids is 2. The molecule has 0 fully saturated rings. The summed E-state index contributed by atoms with van der Waals surface area (Å²) in [5, 5.41) is 32.2. The third kappa shape index (κ3) is 5.67. The fourth-order valence-electron chi connectivity index (χ4n) is 2.28. The van der Waals surface area contributed by atoms with Gasteiger partial charge in [-0.15, -0.1) is 0 Å². The van der Waals surface area contributed by atoms with Crippen molar-refractivity contribution in [1.82, 2.24) is 4.31 Å². The number of aryl methyl sites for hydroxylation is 1. The van der Waals surface area contributed by atoms with E-state index in [2.05, 4.69) is 0 Å². The Balaban J connectivity index is 0.00000312. The Bertz CT molecular complexity index is 915. The first-order valence-electron chi connectivity index (χ1n) is 6.75. The molecule has 0 atom stereocenters. The van der Waals surface area contributed by atoms with E-state index in [1.807, 2.05) is 0 Å². The Labute approximate surface area is 194 Å². The van der Waals surface area contributed by atoms with Crippen LogP contribution in [0.15, 0.2) is 35.2 Å². The predicted molar refractivity (Wildman–Crippen MR) is 79.1 cm³/mol. The van der Waals surface area contributed by atoms with Crippen LogP contribution in [-0.4, -0.2) is 42.9 Å². The number of aliphatic carboxylic acids is 2. The zero-order valence-corrected chi connectivity index (χ0v) is 19.4. The van der Waals surface area contributed by atoms with Gasteiger partial charge in [-0.25, -0.2) is 8.42 Å². The number of carboxylic acid groups (broad SMARTS) is 2. The number of rotatable bonds is 6. The Morgan fingerprint density at radius 2 is 1.58 bits per heavy atom. The SMILES string of the molecule is Cc1c(O)ccc2cc(S(=O)(=O)N(CC(=O)[O-])CC(=O)[O-])ccc12.[Na+].[Na+]. The van der Waals surface area contributed by atoms with Crippen molar-refractivity contribution in [3.8, 4) is 5.75 Å². The average molecular weight is 397 g/mol. The van der Waals surface area contributed by atoms with E-state index < -0.39 is 35.1 Å². The molecule has 0 bridgehead atoms. The summed E-state index contributed by atoms with van der Waals surface area (Å²) in [5.74, 6) is -3.42. The second-order valence-corrected chi connectivity index (χ2v) is 7.05. The summed E-state index contributed by atoms with van der Waals surface area (Å²) >= 11 is 0. The van der Waals surface area contributed by atoms with Crippen LogP contribution in [-0.2, 0) is 19.6 Å². The molecule has 8 nitrogen and oxygen atoms in total. The molecule has 128 valence electrons. The molecular weight excluding hydrogens is 384 g/mol. The number of fused-ring (bicyclic) bond motifs is 1. The average Bonchev–Trinajstić information content (AvgIpc) is 2.49. The first-order chi connectivity index (χ1) is 11.1. The van der Waals surface area contributed by atoms with E-state index in [0.29, 0.717) is 16.3 Å². The molecule has 0 aliphatic carbocycles. The zero-order valence-electron chi connectivity index (χ0n) is 14.6. The fourth-order valence-corrected chi connectivity index (χ4v) is 3.64. The number of nitrogens with zero attached hydrogens (tertiary/aromatic N) is 1. The van der Waals surface area contributed by atoms with E-state index in [0.717, 1.165) is 0 Å². The van der Waals surface area contributed by atoms with Crippen LogP contribution in [0.1, 0.15) is 5.56 Å². The van der Waals surface area contributed by atoms with Gasteiger partial charge >= 0.3 is 59.1 Å². The minimum atomic E-state index is -4.38. The van der Waals surface area contributed by atoms with Crippen LogP contribution < -0.4 is 69.3 Å². The topological polar surface area (TPSA) is 138 Å². The molecule has 0 radical (unpaired) electrons. The van der Waals surface area contributed by atoms with Crippen LogP contribution in [0.3, 0.4) is 0 Å². The van der Waals surface area contributed by atoms with Gasteiger partial charge in [0, 0.05) is 0 Å². The summed E-state index contributed by atoms with van der Waals surface area (Å²) in [5.41, 5.74) is 0.553. The third-order valence-corrected chi connectivity index (χ3v) is 5.27. The number of phenols is 1. The second-order valence-electron chi connectivity index (χ2n) is 5.11. The molecule has 0 saturated carbocycles. The molecule has 26 heavy (non-hydrogen) atoms. The van der Waals surface area contributed by atoms with Crippen LogP contribution in [0.4, 0.5) is 0 Å². The molecular formula is C15H13NNa2O7S. The maximum atomic E-state index is 12.5. The molecule has 0 aliphatic heterocycles. The standard InChI is InChI=1S/C15H15NO7S.2Na/c1-9-12-4-3-11(6-10(12)2-5-13(9)17)24(22,23)16(7-14(18)19)8-15(20)21;;/h2-6,17H,7-8H2,1H3,(H,18,19)(H,20,21);;/q;2*+1/p-2. The largest absolute Gasteiger partial charge is 1.00 e. The summed E-state index contributed by atoms with van der Waals surface area (Å²) in [7, 11) is -4.38. The number of aromatic hydroxyl groups is 1. The monoisotopic (exact) mass is 397 g/mol. The summed E-state index contributed by atoms with van der Waals surface area (Å²) in [4.78, 5) is 21.1. The summed E-state index contributed by atoms with van der Waals surface area (Å²) in [6.45, 7) is -0.559. The maximum absolute atomic E-state index is 12.5. The van der Waals surface area contributed by atoms with Crippen molar-refractivity contribution in [2.24, 2.45) is 0 Å². The molecule has 2 aromatic carbocycles. The summed E-state index contributed by atoms with van der Waals surface area (Å²) in [6.07, 6.45) is 0. The van der Waals surface area contributed by atoms with Crippen molar-refractivity contribution in [2.75, 3.05) is 13.1 Å². The molecule has 2 aromatic rings. The van der Waals surface area contributed by atoms with E-state index in [9.17, 15) is 33.3 Å². The predicted octanol–water partition coefficient (Wildman–Crippen LogP) is -7.65. The Morgan fingerprint density at radius 3 is 2.08 bits per heavy atom. The molecule has 0 aromatic heterocycles. The molecule has 2 rings (SSSR count). The zero-order chi connectivity index (χ0) is 18.1. The minimum absolute atomic E-state index is 0. The van der Waals surface area contributed by atoms with Gasteiger partial charge in [-0.3, -0.25) is 0 Å². The molecule has 0 saturated heterocycles. The number of hydrogen-bond donors (Lipinski definition) is 1.